The number of benzene rings is 3. The van der Waals surface area contributed by atoms with Crippen LogP contribution in [-0.2, 0) is 27.5 Å². The monoisotopic (exact) mass is 522 g/mol. The lowest BCUT2D eigenvalue weighted by Gasteiger charge is -2.13. The number of carbonyl (C=O) groups excluding carboxylic acids is 1. The normalized spacial score (nSPS) is 11.8. The topological polar surface area (TPSA) is 103 Å². The molecule has 3 aromatic carbocycles. The molecule has 0 aliphatic heterocycles. The van der Waals surface area contributed by atoms with Gasteiger partial charge in [0, 0.05) is 11.1 Å². The number of nitrogens with zero attached hydrogens (tertiary/aromatic N) is 1. The maximum atomic E-state index is 13.3. The predicted molar refractivity (Wildman–Crippen MR) is 125 cm³/mol. The summed E-state index contributed by atoms with van der Waals surface area (Å²) in [5, 5.41) is 3.66. The number of methoxy groups -OCH3 is 2. The number of carbonyl (C=O) groups is 1. The quantitative estimate of drug-likeness (QED) is 0.257. The fourth-order valence-electron chi connectivity index (χ4n) is 3.18. The zero-order valence-electron chi connectivity index (χ0n) is 19.1. The molecule has 0 saturated carbocycles. The molecule has 36 heavy (non-hydrogen) atoms. The molecule has 12 heteroatoms. The highest BCUT2D eigenvalue weighted by Crippen LogP contribution is 2.32. The number of hydrogen-bond acceptors (Lipinski definition) is 7. The molecule has 3 aromatic rings. The first-order valence-electron chi connectivity index (χ1n) is 10.3. The summed E-state index contributed by atoms with van der Waals surface area (Å²) in [5.74, 6) is 0.0857. The average Bonchev–Trinajstić information content (AvgIpc) is 2.83. The summed E-state index contributed by atoms with van der Waals surface area (Å²) in [6, 6.07) is 14.4. The minimum absolute atomic E-state index is 0.0270. The minimum Gasteiger partial charge on any atom is -0.493 e. The Kier molecular flexibility index (Phi) is 8.20. The van der Waals surface area contributed by atoms with E-state index in [-0.39, 0.29) is 12.2 Å². The van der Waals surface area contributed by atoms with Crippen LogP contribution in [0.5, 0.6) is 17.2 Å². The number of alkyl halides is 3. The van der Waals surface area contributed by atoms with E-state index in [9.17, 15) is 26.4 Å². The molecule has 0 atom stereocenters. The molecular weight excluding hydrogens is 501 g/mol. The van der Waals surface area contributed by atoms with Gasteiger partial charge in [-0.25, -0.2) is 5.43 Å². The maximum Gasteiger partial charge on any atom is 0.416 e. The van der Waals surface area contributed by atoms with Crippen molar-refractivity contribution in [2.45, 2.75) is 17.5 Å². The summed E-state index contributed by atoms with van der Waals surface area (Å²) >= 11 is 0. The van der Waals surface area contributed by atoms with Crippen LogP contribution in [-0.4, -0.2) is 34.8 Å². The largest absolute Gasteiger partial charge is 0.493 e. The number of ether oxygens (including phenoxy) is 2. The zero-order chi connectivity index (χ0) is 26.3. The Hall–Kier alpha value is -4.06. The van der Waals surface area contributed by atoms with Gasteiger partial charge in [-0.1, -0.05) is 30.3 Å². The van der Waals surface area contributed by atoms with Crippen molar-refractivity contribution in [1.82, 2.24) is 5.43 Å². The lowest BCUT2D eigenvalue weighted by atomic mass is 10.1. The van der Waals surface area contributed by atoms with Crippen molar-refractivity contribution in [3.05, 3.63) is 83.4 Å². The smallest absolute Gasteiger partial charge is 0.416 e. The molecule has 0 aliphatic rings. The number of hydrogen-bond donors (Lipinski definition) is 1. The van der Waals surface area contributed by atoms with Crippen LogP contribution < -0.4 is 19.1 Å². The molecule has 8 nitrogen and oxygen atoms in total. The third kappa shape index (κ3) is 6.54. The van der Waals surface area contributed by atoms with Crippen LogP contribution in [0.4, 0.5) is 13.2 Å². The van der Waals surface area contributed by atoms with Crippen LogP contribution in [0.15, 0.2) is 76.7 Å². The van der Waals surface area contributed by atoms with Gasteiger partial charge in [0.25, 0.3) is 0 Å². The van der Waals surface area contributed by atoms with E-state index in [0.717, 1.165) is 12.3 Å². The van der Waals surface area contributed by atoms with Crippen LogP contribution in [0.1, 0.15) is 16.7 Å². The average molecular weight is 523 g/mol. The summed E-state index contributed by atoms with van der Waals surface area (Å²) in [5.41, 5.74) is 1.12. The van der Waals surface area contributed by atoms with Gasteiger partial charge in [-0.15, -0.1) is 0 Å². The molecule has 0 fully saturated rings. The molecule has 1 amide bonds. The fourth-order valence-corrected chi connectivity index (χ4v) is 4.27. The predicted octanol–water partition coefficient (Wildman–Crippen LogP) is 4.18. The number of rotatable bonds is 9. The first-order valence-corrected chi connectivity index (χ1v) is 11.7. The molecular formula is C24H21F3N2O6S. The summed E-state index contributed by atoms with van der Waals surface area (Å²) in [6.45, 7) is 0. The summed E-state index contributed by atoms with van der Waals surface area (Å²) in [6.07, 6.45) is -4.13. The summed E-state index contributed by atoms with van der Waals surface area (Å²) < 4.78 is 80.8. The van der Waals surface area contributed by atoms with E-state index in [4.69, 9.17) is 13.7 Å². The van der Waals surface area contributed by atoms with Crippen LogP contribution in [0.25, 0.3) is 0 Å². The van der Waals surface area contributed by atoms with Crippen molar-refractivity contribution in [3.63, 3.8) is 0 Å². The van der Waals surface area contributed by atoms with E-state index in [0.29, 0.717) is 29.2 Å². The Balaban J connectivity index is 1.86. The van der Waals surface area contributed by atoms with Crippen molar-refractivity contribution in [2.24, 2.45) is 5.10 Å². The van der Waals surface area contributed by atoms with E-state index in [1.165, 1.54) is 38.5 Å². The second-order valence-electron chi connectivity index (χ2n) is 7.22. The Labute approximate surface area is 205 Å². The molecule has 0 bridgehead atoms. The molecule has 0 unspecified atom stereocenters. The molecule has 0 spiro atoms. The second-order valence-corrected chi connectivity index (χ2v) is 8.74. The van der Waals surface area contributed by atoms with Gasteiger partial charge in [-0.3, -0.25) is 4.79 Å². The summed E-state index contributed by atoms with van der Waals surface area (Å²) in [4.78, 5) is 11.8. The van der Waals surface area contributed by atoms with Crippen LogP contribution in [0, 0.1) is 0 Å². The van der Waals surface area contributed by atoms with Crippen molar-refractivity contribution in [2.75, 3.05) is 14.2 Å². The van der Waals surface area contributed by atoms with Gasteiger partial charge in [-0.2, -0.15) is 26.7 Å². The molecule has 0 heterocycles. The Bertz CT molecular complexity index is 1360. The van der Waals surface area contributed by atoms with E-state index >= 15 is 0 Å². The van der Waals surface area contributed by atoms with E-state index in [2.05, 4.69) is 10.5 Å². The van der Waals surface area contributed by atoms with Gasteiger partial charge in [0.2, 0.25) is 5.91 Å². The van der Waals surface area contributed by atoms with Crippen LogP contribution >= 0.6 is 0 Å². The Morgan fingerprint density at radius 3 is 2.36 bits per heavy atom. The van der Waals surface area contributed by atoms with Crippen molar-refractivity contribution < 1.29 is 40.0 Å². The molecule has 0 radical (unpaired) electrons. The van der Waals surface area contributed by atoms with Gasteiger partial charge in [0.05, 0.1) is 32.4 Å². The SMILES string of the molecule is COc1cccc(CC(=O)NN=Cc2cc(C(F)(F)F)ccc2S(=O)(=O)Oc2ccccc2)c1OC. The Morgan fingerprint density at radius 1 is 1.00 bits per heavy atom. The first-order chi connectivity index (χ1) is 17.0. The van der Waals surface area contributed by atoms with Crippen molar-refractivity contribution >= 4 is 22.2 Å². The molecule has 0 aliphatic carbocycles. The number of nitrogens with one attached hydrogen (secondary N) is 1. The zero-order valence-corrected chi connectivity index (χ0v) is 19.9. The molecule has 0 saturated heterocycles. The van der Waals surface area contributed by atoms with Crippen LogP contribution in [0.2, 0.25) is 0 Å². The third-order valence-electron chi connectivity index (χ3n) is 4.78. The maximum absolute atomic E-state index is 13.3. The van der Waals surface area contributed by atoms with Crippen molar-refractivity contribution in [3.8, 4) is 17.2 Å². The number of hydrazone groups is 1. The second kappa shape index (κ2) is 11.1. The minimum atomic E-state index is -4.74. The number of halogens is 3. The standard InChI is InChI=1S/C24H21F3N2O6S/c1-33-20-10-6-7-16(23(20)34-2)14-22(30)29-28-15-17-13-18(24(25,26)27)11-12-21(17)36(31,32)35-19-8-4-3-5-9-19/h3-13,15H,14H2,1-2H3,(H,29,30). The lowest BCUT2D eigenvalue weighted by Crippen LogP contribution is -2.20. The Morgan fingerprint density at radius 2 is 1.72 bits per heavy atom. The van der Waals surface area contributed by atoms with E-state index < -0.39 is 38.2 Å². The van der Waals surface area contributed by atoms with Gasteiger partial charge < -0.3 is 13.7 Å². The van der Waals surface area contributed by atoms with E-state index in [1.807, 2.05) is 0 Å². The third-order valence-corrected chi connectivity index (χ3v) is 6.11. The fraction of sp³-hybridized carbons (Fsp3) is 0.167. The highest BCUT2D eigenvalue weighted by atomic mass is 32.2. The van der Waals surface area contributed by atoms with Gasteiger partial charge in [-0.05, 0) is 36.4 Å². The first kappa shape index (κ1) is 26.5. The van der Waals surface area contributed by atoms with E-state index in [1.54, 1.807) is 24.3 Å². The molecule has 1 N–H and O–H groups in total. The van der Waals surface area contributed by atoms with Gasteiger partial charge >= 0.3 is 16.3 Å². The highest BCUT2D eigenvalue weighted by Gasteiger charge is 2.32. The van der Waals surface area contributed by atoms with Crippen LogP contribution in [0.3, 0.4) is 0 Å². The van der Waals surface area contributed by atoms with Gasteiger partial charge in [0.1, 0.15) is 10.6 Å². The molecule has 0 aromatic heterocycles. The highest BCUT2D eigenvalue weighted by molar-refractivity contribution is 7.87. The molecule has 190 valence electrons. The molecule has 3 rings (SSSR count). The van der Waals surface area contributed by atoms with Crippen molar-refractivity contribution in [1.29, 1.82) is 0 Å². The lowest BCUT2D eigenvalue weighted by molar-refractivity contribution is -0.137. The number of para-hydroxylation sites is 2. The number of amides is 1. The van der Waals surface area contributed by atoms with Gasteiger partial charge in [0.15, 0.2) is 11.5 Å². The summed E-state index contributed by atoms with van der Waals surface area (Å²) in [7, 11) is -1.68.